The van der Waals surface area contributed by atoms with Gasteiger partial charge in [-0.05, 0) is 42.0 Å². The van der Waals surface area contributed by atoms with Gasteiger partial charge in [0.2, 0.25) is 0 Å². The largest absolute Gasteiger partial charge is 0.342 e. The van der Waals surface area contributed by atoms with E-state index >= 15 is 0 Å². The maximum absolute atomic E-state index is 12.9. The molecule has 152 valence electrons. The van der Waals surface area contributed by atoms with Gasteiger partial charge in [-0.2, -0.15) is 0 Å². The molecule has 0 aliphatic carbocycles. The highest BCUT2D eigenvalue weighted by Gasteiger charge is 2.34. The topological polar surface area (TPSA) is 54.3 Å². The minimum absolute atomic E-state index is 0.121. The highest BCUT2D eigenvalue weighted by atomic mass is 79.9. The third-order valence-electron chi connectivity index (χ3n) is 5.29. The molecule has 2 amide bonds. The van der Waals surface area contributed by atoms with Crippen LogP contribution in [0.15, 0.2) is 95.1 Å². The number of para-hydroxylation sites is 2. The summed E-state index contributed by atoms with van der Waals surface area (Å²) in [5.74, 6) is -0.764. The maximum Gasteiger partial charge on any atom is 0.282 e. The number of carbonyl (C=O) groups excluding carboxylic acids is 2. The number of hydrogen-bond donors (Lipinski definition) is 1. The molecule has 5 rings (SSSR count). The van der Waals surface area contributed by atoms with Crippen molar-refractivity contribution in [2.24, 2.45) is 0 Å². The van der Waals surface area contributed by atoms with Gasteiger partial charge >= 0.3 is 0 Å². The fraction of sp³-hybridized carbons (Fsp3) is 0.0400. The fourth-order valence-corrected chi connectivity index (χ4v) is 4.04. The van der Waals surface area contributed by atoms with Crippen molar-refractivity contribution in [3.63, 3.8) is 0 Å². The Kier molecular flexibility index (Phi) is 4.92. The SMILES string of the molecule is O=C1NN(c2ccccc2)C(=O)C1=Cc1cn(Cc2ccc(Br)cc2)c2ccccc12. The smallest absolute Gasteiger partial charge is 0.282 e. The molecule has 1 aliphatic rings. The molecule has 4 aromatic rings. The zero-order chi connectivity index (χ0) is 21.4. The van der Waals surface area contributed by atoms with E-state index in [2.05, 4.69) is 38.1 Å². The zero-order valence-corrected chi connectivity index (χ0v) is 18.0. The van der Waals surface area contributed by atoms with E-state index in [4.69, 9.17) is 0 Å². The Balaban J connectivity index is 1.53. The van der Waals surface area contributed by atoms with Crippen molar-refractivity contribution in [1.29, 1.82) is 0 Å². The number of nitrogens with one attached hydrogen (secondary N) is 1. The van der Waals surface area contributed by atoms with Gasteiger partial charge in [0.15, 0.2) is 0 Å². The number of halogens is 1. The molecule has 1 aromatic heterocycles. The second-order valence-corrected chi connectivity index (χ2v) is 8.25. The molecule has 5 nitrogen and oxygen atoms in total. The molecule has 1 N–H and O–H groups in total. The van der Waals surface area contributed by atoms with Crippen molar-refractivity contribution in [3.8, 4) is 0 Å². The van der Waals surface area contributed by atoms with Gasteiger partial charge in [-0.15, -0.1) is 0 Å². The Labute approximate surface area is 187 Å². The molecule has 0 unspecified atom stereocenters. The Hall–Kier alpha value is -3.64. The standard InChI is InChI=1S/C25H18BrN3O2/c26-19-12-10-17(11-13-19)15-28-16-18(21-8-4-5-9-23(21)28)14-22-24(30)27-29(25(22)31)20-6-2-1-3-7-20/h1-14,16H,15H2,(H,27,30). The van der Waals surface area contributed by atoms with Crippen molar-refractivity contribution in [2.75, 3.05) is 5.01 Å². The Morgan fingerprint density at radius 2 is 1.58 bits per heavy atom. The predicted octanol–water partition coefficient (Wildman–Crippen LogP) is 4.91. The van der Waals surface area contributed by atoms with E-state index in [-0.39, 0.29) is 11.5 Å². The molecule has 3 aromatic carbocycles. The highest BCUT2D eigenvalue weighted by Crippen LogP contribution is 2.27. The molecule has 31 heavy (non-hydrogen) atoms. The lowest BCUT2D eigenvalue weighted by Gasteiger charge is -2.13. The molecule has 0 bridgehead atoms. The summed E-state index contributed by atoms with van der Waals surface area (Å²) >= 11 is 3.47. The van der Waals surface area contributed by atoms with Gasteiger partial charge in [-0.3, -0.25) is 15.0 Å². The van der Waals surface area contributed by atoms with Crippen molar-refractivity contribution < 1.29 is 9.59 Å². The van der Waals surface area contributed by atoms with Crippen molar-refractivity contribution >= 4 is 50.4 Å². The van der Waals surface area contributed by atoms with E-state index in [0.29, 0.717) is 12.2 Å². The zero-order valence-electron chi connectivity index (χ0n) is 16.5. The highest BCUT2D eigenvalue weighted by molar-refractivity contribution is 9.10. The van der Waals surface area contributed by atoms with E-state index in [0.717, 1.165) is 26.5 Å². The van der Waals surface area contributed by atoms with Crippen LogP contribution >= 0.6 is 15.9 Å². The molecule has 6 heteroatoms. The average Bonchev–Trinajstić information content (AvgIpc) is 3.28. The summed E-state index contributed by atoms with van der Waals surface area (Å²) in [6.07, 6.45) is 3.67. The van der Waals surface area contributed by atoms with Crippen LogP contribution in [0, 0.1) is 0 Å². The Morgan fingerprint density at radius 3 is 2.35 bits per heavy atom. The molecule has 0 spiro atoms. The molecule has 0 radical (unpaired) electrons. The molecular formula is C25H18BrN3O2. The summed E-state index contributed by atoms with van der Waals surface area (Å²) in [6, 6.07) is 25.3. The Bertz CT molecular complexity index is 1320. The van der Waals surface area contributed by atoms with Gasteiger partial charge in [-0.1, -0.05) is 64.5 Å². The first kappa shape index (κ1) is 19.3. The summed E-state index contributed by atoms with van der Waals surface area (Å²) in [7, 11) is 0. The van der Waals surface area contributed by atoms with Crippen molar-refractivity contribution in [3.05, 3.63) is 106 Å². The van der Waals surface area contributed by atoms with Crippen molar-refractivity contribution in [2.45, 2.75) is 6.54 Å². The third-order valence-corrected chi connectivity index (χ3v) is 5.82. The number of rotatable bonds is 4. The third kappa shape index (κ3) is 3.66. The van der Waals surface area contributed by atoms with E-state index in [1.807, 2.05) is 60.8 Å². The summed E-state index contributed by atoms with van der Waals surface area (Å²) in [5, 5.41) is 2.28. The van der Waals surface area contributed by atoms with Gasteiger partial charge in [0.25, 0.3) is 11.8 Å². The number of hydrogen-bond acceptors (Lipinski definition) is 2. The number of hydrazine groups is 1. The fourth-order valence-electron chi connectivity index (χ4n) is 3.78. The summed E-state index contributed by atoms with van der Waals surface area (Å²) in [4.78, 5) is 25.5. The number of nitrogens with zero attached hydrogens (tertiary/aromatic N) is 2. The number of amides is 2. The van der Waals surface area contributed by atoms with Crippen LogP contribution in [-0.2, 0) is 16.1 Å². The first-order valence-corrected chi connectivity index (χ1v) is 10.6. The van der Waals surface area contributed by atoms with Crippen LogP contribution in [0.2, 0.25) is 0 Å². The van der Waals surface area contributed by atoms with Crippen LogP contribution in [0.1, 0.15) is 11.1 Å². The summed E-state index contributed by atoms with van der Waals surface area (Å²) in [5.41, 5.74) is 6.44. The molecule has 0 atom stereocenters. The normalized spacial score (nSPS) is 15.1. The summed E-state index contributed by atoms with van der Waals surface area (Å²) < 4.78 is 3.17. The van der Waals surface area contributed by atoms with E-state index in [1.165, 1.54) is 5.01 Å². The lowest BCUT2D eigenvalue weighted by Crippen LogP contribution is -2.35. The summed E-state index contributed by atoms with van der Waals surface area (Å²) in [6.45, 7) is 0.688. The quantitative estimate of drug-likeness (QED) is 0.339. The van der Waals surface area contributed by atoms with Crippen LogP contribution in [-0.4, -0.2) is 16.4 Å². The number of carbonyl (C=O) groups is 2. The van der Waals surface area contributed by atoms with Crippen LogP contribution in [0.5, 0.6) is 0 Å². The van der Waals surface area contributed by atoms with E-state index in [1.54, 1.807) is 18.2 Å². The second-order valence-electron chi connectivity index (χ2n) is 7.33. The van der Waals surface area contributed by atoms with Gasteiger partial charge in [-0.25, -0.2) is 5.01 Å². The average molecular weight is 472 g/mol. The second kappa shape index (κ2) is 7.89. The van der Waals surface area contributed by atoms with Gasteiger partial charge < -0.3 is 4.57 Å². The minimum Gasteiger partial charge on any atom is -0.342 e. The molecular weight excluding hydrogens is 454 g/mol. The molecule has 1 fully saturated rings. The monoisotopic (exact) mass is 471 g/mol. The van der Waals surface area contributed by atoms with E-state index < -0.39 is 5.91 Å². The van der Waals surface area contributed by atoms with Gasteiger partial charge in [0.05, 0.1) is 5.69 Å². The first-order chi connectivity index (χ1) is 15.1. The number of fused-ring (bicyclic) bond motifs is 1. The lowest BCUT2D eigenvalue weighted by molar-refractivity contribution is -0.117. The van der Waals surface area contributed by atoms with Crippen molar-refractivity contribution in [1.82, 2.24) is 9.99 Å². The van der Waals surface area contributed by atoms with Crippen LogP contribution < -0.4 is 10.4 Å². The van der Waals surface area contributed by atoms with Crippen LogP contribution in [0.4, 0.5) is 5.69 Å². The van der Waals surface area contributed by atoms with E-state index in [9.17, 15) is 9.59 Å². The number of anilines is 1. The number of aromatic nitrogens is 1. The molecule has 1 aliphatic heterocycles. The molecule has 0 saturated carbocycles. The van der Waals surface area contributed by atoms with Crippen LogP contribution in [0.25, 0.3) is 17.0 Å². The van der Waals surface area contributed by atoms with Gasteiger partial charge in [0.1, 0.15) is 5.57 Å². The molecule has 2 heterocycles. The maximum atomic E-state index is 12.9. The lowest BCUT2D eigenvalue weighted by atomic mass is 10.1. The van der Waals surface area contributed by atoms with Gasteiger partial charge in [0, 0.05) is 33.7 Å². The van der Waals surface area contributed by atoms with Crippen LogP contribution in [0.3, 0.4) is 0 Å². The minimum atomic E-state index is -0.404. The first-order valence-electron chi connectivity index (χ1n) is 9.85. The Morgan fingerprint density at radius 1 is 0.871 bits per heavy atom. The molecule has 1 saturated heterocycles. The number of benzene rings is 3. The predicted molar refractivity (Wildman–Crippen MR) is 125 cm³/mol.